The normalized spacial score (nSPS) is 25.6. The number of nitrogens with zero attached hydrogens (tertiary/aromatic N) is 3. The number of halogens is 1. The van der Waals surface area contributed by atoms with Crippen LogP contribution in [0.15, 0.2) is 6.20 Å². The number of aromatic nitrogens is 3. The van der Waals surface area contributed by atoms with Crippen LogP contribution in [0.1, 0.15) is 55.1 Å². The van der Waals surface area contributed by atoms with Crippen molar-refractivity contribution in [1.29, 1.82) is 0 Å². The zero-order valence-corrected chi connectivity index (χ0v) is 15.2. The van der Waals surface area contributed by atoms with Crippen molar-refractivity contribution in [3.8, 4) is 0 Å². The van der Waals surface area contributed by atoms with E-state index >= 15 is 0 Å². The largest absolute Gasteiger partial charge is 0.348 e. The lowest BCUT2D eigenvalue weighted by atomic mass is 9.95. The molecule has 0 spiro atoms. The molecule has 2 unspecified atom stereocenters. The van der Waals surface area contributed by atoms with Gasteiger partial charge >= 0.3 is 0 Å². The van der Waals surface area contributed by atoms with E-state index in [-0.39, 0.29) is 24.4 Å². The first-order chi connectivity index (χ1) is 10.8. The summed E-state index contributed by atoms with van der Waals surface area (Å²) in [4.78, 5) is 12.4. The van der Waals surface area contributed by atoms with Crippen LogP contribution in [0.25, 0.3) is 0 Å². The van der Waals surface area contributed by atoms with Crippen molar-refractivity contribution in [2.75, 3.05) is 19.3 Å². The van der Waals surface area contributed by atoms with Crippen molar-refractivity contribution < 1.29 is 4.79 Å². The molecule has 1 aromatic rings. The van der Waals surface area contributed by atoms with Crippen molar-refractivity contribution in [3.05, 3.63) is 11.9 Å². The van der Waals surface area contributed by atoms with E-state index in [0.29, 0.717) is 17.0 Å². The van der Waals surface area contributed by atoms with Crippen molar-refractivity contribution in [1.82, 2.24) is 25.6 Å². The van der Waals surface area contributed by atoms with E-state index in [1.165, 1.54) is 12.8 Å². The molecular weight excluding hydrogens is 334 g/mol. The number of thioether (sulfide) groups is 1. The minimum atomic E-state index is -0.0769. The Morgan fingerprint density at radius 2 is 2.13 bits per heavy atom. The number of amides is 1. The number of carbonyl (C=O) groups excluding carboxylic acids is 1. The Morgan fingerprint density at radius 1 is 1.35 bits per heavy atom. The van der Waals surface area contributed by atoms with Crippen LogP contribution >= 0.6 is 24.2 Å². The molecule has 2 aliphatic rings. The van der Waals surface area contributed by atoms with E-state index in [1.807, 2.05) is 16.4 Å². The highest BCUT2D eigenvalue weighted by atomic mass is 35.5. The summed E-state index contributed by atoms with van der Waals surface area (Å²) >= 11 is 1.91. The second-order valence-corrected chi connectivity index (χ2v) is 7.40. The summed E-state index contributed by atoms with van der Waals surface area (Å²) in [5, 5.41) is 15.4. The van der Waals surface area contributed by atoms with Crippen molar-refractivity contribution in [3.63, 3.8) is 0 Å². The summed E-state index contributed by atoms with van der Waals surface area (Å²) in [5.74, 6) is -0.0769. The number of rotatable bonds is 4. The fraction of sp³-hybridized carbons (Fsp3) is 0.800. The second kappa shape index (κ2) is 8.89. The van der Waals surface area contributed by atoms with Crippen LogP contribution in [-0.4, -0.2) is 51.5 Å². The summed E-state index contributed by atoms with van der Waals surface area (Å²) in [6.45, 7) is 2.01. The summed E-state index contributed by atoms with van der Waals surface area (Å²) in [5.41, 5.74) is 0.449. The Morgan fingerprint density at radius 3 is 2.87 bits per heavy atom. The predicted octanol–water partition coefficient (Wildman–Crippen LogP) is 2.03. The lowest BCUT2D eigenvalue weighted by Gasteiger charge is -2.28. The summed E-state index contributed by atoms with van der Waals surface area (Å²) in [6, 6.07) is 0.647. The minimum Gasteiger partial charge on any atom is -0.348 e. The van der Waals surface area contributed by atoms with E-state index in [9.17, 15) is 4.79 Å². The number of piperidine rings is 1. The molecule has 1 aliphatic carbocycles. The maximum absolute atomic E-state index is 12.4. The molecule has 2 fully saturated rings. The van der Waals surface area contributed by atoms with Crippen LogP contribution in [0.3, 0.4) is 0 Å². The van der Waals surface area contributed by atoms with Gasteiger partial charge in [-0.3, -0.25) is 4.79 Å². The summed E-state index contributed by atoms with van der Waals surface area (Å²) < 4.78 is 1.86. The minimum absolute atomic E-state index is 0. The Balaban J connectivity index is 0.00000192. The molecule has 8 heteroatoms. The Kier molecular flexibility index (Phi) is 7.17. The van der Waals surface area contributed by atoms with Gasteiger partial charge in [-0.15, -0.1) is 17.5 Å². The van der Waals surface area contributed by atoms with Gasteiger partial charge in [0.2, 0.25) is 0 Å². The van der Waals surface area contributed by atoms with Gasteiger partial charge in [-0.05, 0) is 51.4 Å². The Labute approximate surface area is 147 Å². The highest BCUT2D eigenvalue weighted by molar-refractivity contribution is 7.99. The Bertz CT molecular complexity index is 506. The molecule has 23 heavy (non-hydrogen) atoms. The van der Waals surface area contributed by atoms with Gasteiger partial charge in [-0.25, -0.2) is 4.68 Å². The maximum atomic E-state index is 12.4. The van der Waals surface area contributed by atoms with Crippen molar-refractivity contribution >= 4 is 30.1 Å². The first-order valence-corrected chi connectivity index (χ1v) is 9.51. The van der Waals surface area contributed by atoms with Gasteiger partial charge in [0, 0.05) is 11.3 Å². The number of hydrogen-bond acceptors (Lipinski definition) is 5. The molecule has 1 amide bonds. The predicted molar refractivity (Wildman–Crippen MR) is 95.4 cm³/mol. The highest BCUT2D eigenvalue weighted by Gasteiger charge is 2.24. The van der Waals surface area contributed by atoms with Crippen molar-refractivity contribution in [2.45, 2.75) is 55.9 Å². The smallest absolute Gasteiger partial charge is 0.273 e. The van der Waals surface area contributed by atoms with Gasteiger partial charge in [0.15, 0.2) is 5.69 Å². The van der Waals surface area contributed by atoms with Gasteiger partial charge < -0.3 is 10.6 Å². The lowest BCUT2D eigenvalue weighted by molar-refractivity contribution is 0.0923. The summed E-state index contributed by atoms with van der Waals surface area (Å²) in [6.07, 6.45) is 10.6. The SMILES string of the molecule is CSC1CCCC(NC(=O)c2cn(C3CCNCC3)nn2)C1.Cl. The monoisotopic (exact) mass is 359 g/mol. The molecule has 2 atom stereocenters. The average molecular weight is 360 g/mol. The maximum Gasteiger partial charge on any atom is 0.273 e. The third-order valence-electron chi connectivity index (χ3n) is 4.72. The molecular formula is C15H26ClN5OS. The summed E-state index contributed by atoms with van der Waals surface area (Å²) in [7, 11) is 0. The van der Waals surface area contributed by atoms with E-state index in [4.69, 9.17) is 0 Å². The van der Waals surface area contributed by atoms with Gasteiger partial charge in [-0.2, -0.15) is 11.8 Å². The van der Waals surface area contributed by atoms with Gasteiger partial charge in [0.25, 0.3) is 5.91 Å². The topological polar surface area (TPSA) is 71.8 Å². The molecule has 1 saturated carbocycles. The molecule has 2 heterocycles. The molecule has 130 valence electrons. The van der Waals surface area contributed by atoms with Crippen molar-refractivity contribution in [2.24, 2.45) is 0 Å². The fourth-order valence-electron chi connectivity index (χ4n) is 3.38. The fourth-order valence-corrected chi connectivity index (χ4v) is 4.21. The number of hydrogen-bond donors (Lipinski definition) is 2. The molecule has 0 aromatic carbocycles. The number of carbonyl (C=O) groups is 1. The first-order valence-electron chi connectivity index (χ1n) is 8.22. The first kappa shape index (κ1) is 18.5. The van der Waals surface area contributed by atoms with Gasteiger partial charge in [0.1, 0.15) is 0 Å². The zero-order chi connectivity index (χ0) is 15.4. The highest BCUT2D eigenvalue weighted by Crippen LogP contribution is 2.27. The molecule has 1 aromatic heterocycles. The van der Waals surface area contributed by atoms with Crippen LogP contribution in [0, 0.1) is 0 Å². The van der Waals surface area contributed by atoms with E-state index in [1.54, 1.807) is 6.20 Å². The molecule has 6 nitrogen and oxygen atoms in total. The van der Waals surface area contributed by atoms with Gasteiger partial charge in [-0.1, -0.05) is 11.6 Å². The quantitative estimate of drug-likeness (QED) is 0.860. The van der Waals surface area contributed by atoms with Crippen LogP contribution in [0.2, 0.25) is 0 Å². The van der Waals surface area contributed by atoms with Crippen LogP contribution < -0.4 is 10.6 Å². The molecule has 2 N–H and O–H groups in total. The third-order valence-corrected chi connectivity index (χ3v) is 5.82. The molecule has 0 radical (unpaired) electrons. The molecule has 3 rings (SSSR count). The third kappa shape index (κ3) is 4.84. The molecule has 0 bridgehead atoms. The lowest BCUT2D eigenvalue weighted by Crippen LogP contribution is -2.39. The van der Waals surface area contributed by atoms with E-state index in [0.717, 1.165) is 38.8 Å². The van der Waals surface area contributed by atoms with Crippen LogP contribution in [-0.2, 0) is 0 Å². The zero-order valence-electron chi connectivity index (χ0n) is 13.5. The standard InChI is InChI=1S/C15H25N5OS.ClH/c1-22-13-4-2-3-11(9-13)17-15(21)14-10-20(19-18-14)12-5-7-16-8-6-12;/h10-13,16H,2-9H2,1H3,(H,17,21);1H. The van der Waals surface area contributed by atoms with Crippen LogP contribution in [0.4, 0.5) is 0 Å². The van der Waals surface area contributed by atoms with E-state index < -0.39 is 0 Å². The molecule has 1 aliphatic heterocycles. The van der Waals surface area contributed by atoms with Crippen LogP contribution in [0.5, 0.6) is 0 Å². The number of nitrogens with one attached hydrogen (secondary N) is 2. The van der Waals surface area contributed by atoms with E-state index in [2.05, 4.69) is 27.2 Å². The average Bonchev–Trinajstić information content (AvgIpc) is 3.06. The Hall–Kier alpha value is -0.790. The van der Waals surface area contributed by atoms with Gasteiger partial charge in [0.05, 0.1) is 12.2 Å². The molecule has 1 saturated heterocycles. The second-order valence-electron chi connectivity index (χ2n) is 6.26.